The monoisotopic (exact) mass is 377 g/mol. The van der Waals surface area contributed by atoms with Gasteiger partial charge in [-0.1, -0.05) is 18.2 Å². The predicted octanol–water partition coefficient (Wildman–Crippen LogP) is 3.98. The molecule has 1 N–H and O–H groups in total. The van der Waals surface area contributed by atoms with Crippen molar-refractivity contribution >= 4 is 11.7 Å². The molecular formula is C22H23N3O3. The van der Waals surface area contributed by atoms with Crippen molar-refractivity contribution in [3.05, 3.63) is 64.8 Å². The normalized spacial score (nSPS) is 15.7. The summed E-state index contributed by atoms with van der Waals surface area (Å²) in [7, 11) is 3.25. The number of rotatable bonds is 4. The highest BCUT2D eigenvalue weighted by molar-refractivity contribution is 5.95. The molecule has 0 radical (unpaired) electrons. The molecule has 3 aromatic rings. The predicted molar refractivity (Wildman–Crippen MR) is 108 cm³/mol. The minimum absolute atomic E-state index is 0.0394. The van der Waals surface area contributed by atoms with Crippen molar-refractivity contribution < 1.29 is 14.3 Å². The van der Waals surface area contributed by atoms with Crippen molar-refractivity contribution in [2.24, 2.45) is 0 Å². The van der Waals surface area contributed by atoms with Crippen LogP contribution in [0.25, 0.3) is 5.69 Å². The van der Waals surface area contributed by atoms with Crippen LogP contribution in [-0.4, -0.2) is 29.9 Å². The van der Waals surface area contributed by atoms with E-state index in [1.165, 1.54) is 0 Å². The lowest BCUT2D eigenvalue weighted by atomic mass is 9.86. The van der Waals surface area contributed by atoms with Crippen LogP contribution < -0.4 is 14.8 Å². The fourth-order valence-electron chi connectivity index (χ4n) is 3.73. The van der Waals surface area contributed by atoms with Gasteiger partial charge in [0.05, 0.1) is 26.1 Å². The molecule has 1 aliphatic heterocycles. The second-order valence-electron chi connectivity index (χ2n) is 7.06. The molecule has 2 aromatic carbocycles. The lowest BCUT2D eigenvalue weighted by molar-refractivity contribution is -0.116. The number of hydrogen-bond donors (Lipinski definition) is 1. The molecule has 1 atom stereocenters. The van der Waals surface area contributed by atoms with Gasteiger partial charge in [0.25, 0.3) is 0 Å². The zero-order valence-electron chi connectivity index (χ0n) is 16.4. The van der Waals surface area contributed by atoms with E-state index in [1.54, 1.807) is 14.2 Å². The van der Waals surface area contributed by atoms with Crippen LogP contribution in [0.1, 0.15) is 34.6 Å². The van der Waals surface area contributed by atoms with Gasteiger partial charge in [-0.25, -0.2) is 4.68 Å². The first-order chi connectivity index (χ1) is 13.5. The Hall–Kier alpha value is -3.28. The van der Waals surface area contributed by atoms with E-state index in [1.807, 2.05) is 42.9 Å². The van der Waals surface area contributed by atoms with Crippen LogP contribution in [0.2, 0.25) is 0 Å². The van der Waals surface area contributed by atoms with Gasteiger partial charge in [0, 0.05) is 29.5 Å². The number of hydrogen-bond acceptors (Lipinski definition) is 4. The smallest absolute Gasteiger partial charge is 0.226 e. The highest BCUT2D eigenvalue weighted by atomic mass is 16.5. The Morgan fingerprint density at radius 1 is 1.07 bits per heavy atom. The molecule has 2 heterocycles. The molecule has 0 bridgehead atoms. The number of nitrogens with one attached hydrogen (secondary N) is 1. The number of anilines is 1. The number of carbonyl (C=O) groups is 1. The zero-order chi connectivity index (χ0) is 19.8. The summed E-state index contributed by atoms with van der Waals surface area (Å²) in [6, 6.07) is 11.9. The lowest BCUT2D eigenvalue weighted by Gasteiger charge is -2.25. The van der Waals surface area contributed by atoms with Gasteiger partial charge in [-0.3, -0.25) is 4.79 Å². The molecule has 1 aromatic heterocycles. The number of aryl methyl sites for hydroxylation is 2. The molecule has 0 aliphatic carbocycles. The van der Waals surface area contributed by atoms with E-state index < -0.39 is 0 Å². The first kappa shape index (κ1) is 18.1. The van der Waals surface area contributed by atoms with E-state index in [9.17, 15) is 4.79 Å². The van der Waals surface area contributed by atoms with Crippen molar-refractivity contribution in [3.63, 3.8) is 0 Å². The van der Waals surface area contributed by atoms with Gasteiger partial charge in [-0.2, -0.15) is 5.10 Å². The third-order valence-electron chi connectivity index (χ3n) is 5.23. The summed E-state index contributed by atoms with van der Waals surface area (Å²) in [5.41, 5.74) is 5.11. The number of carbonyl (C=O) groups excluding carboxylic acids is 1. The molecule has 28 heavy (non-hydrogen) atoms. The van der Waals surface area contributed by atoms with Crippen molar-refractivity contribution in [1.82, 2.24) is 9.78 Å². The average molecular weight is 377 g/mol. The highest BCUT2D eigenvalue weighted by Crippen LogP contribution is 2.42. The van der Waals surface area contributed by atoms with Crippen LogP contribution in [-0.2, 0) is 4.79 Å². The molecular weight excluding hydrogens is 354 g/mol. The van der Waals surface area contributed by atoms with Crippen molar-refractivity contribution in [2.45, 2.75) is 26.2 Å². The van der Waals surface area contributed by atoms with Crippen molar-refractivity contribution in [3.8, 4) is 17.2 Å². The standard InChI is InChI=1S/C22H23N3O3/c1-13-5-6-14(2)19(9-13)25-22-18(12-23-25)17(11-21(26)24-22)16-8-7-15(27-3)10-20(16)28-4/h5-10,12,17H,11H2,1-4H3,(H,24,26). The zero-order valence-corrected chi connectivity index (χ0v) is 16.4. The fraction of sp³-hybridized carbons (Fsp3) is 0.273. The van der Waals surface area contributed by atoms with Crippen LogP contribution in [0.5, 0.6) is 11.5 Å². The van der Waals surface area contributed by atoms with Gasteiger partial charge < -0.3 is 14.8 Å². The first-order valence-corrected chi connectivity index (χ1v) is 9.19. The Bertz CT molecular complexity index is 1060. The molecule has 1 amide bonds. The number of amides is 1. The van der Waals surface area contributed by atoms with Crippen LogP contribution in [0.4, 0.5) is 5.82 Å². The summed E-state index contributed by atoms with van der Waals surface area (Å²) in [5, 5.41) is 7.62. The molecule has 0 spiro atoms. The minimum atomic E-state index is -0.136. The van der Waals surface area contributed by atoms with Crippen LogP contribution in [0, 0.1) is 13.8 Å². The van der Waals surface area contributed by atoms with Gasteiger partial charge in [0.1, 0.15) is 17.3 Å². The van der Waals surface area contributed by atoms with Gasteiger partial charge in [0.15, 0.2) is 0 Å². The maximum atomic E-state index is 12.5. The van der Waals surface area contributed by atoms with Gasteiger partial charge in [0.2, 0.25) is 5.91 Å². The quantitative estimate of drug-likeness (QED) is 0.747. The molecule has 1 aliphatic rings. The largest absolute Gasteiger partial charge is 0.497 e. The summed E-state index contributed by atoms with van der Waals surface area (Å²) in [6.07, 6.45) is 2.18. The number of nitrogens with zero attached hydrogens (tertiary/aromatic N) is 2. The maximum Gasteiger partial charge on any atom is 0.226 e. The van der Waals surface area contributed by atoms with Crippen molar-refractivity contribution in [1.29, 1.82) is 0 Å². The number of methoxy groups -OCH3 is 2. The van der Waals surface area contributed by atoms with Crippen LogP contribution in [0.15, 0.2) is 42.6 Å². The lowest BCUT2D eigenvalue weighted by Crippen LogP contribution is -2.25. The average Bonchev–Trinajstić information content (AvgIpc) is 3.12. The SMILES string of the molecule is COc1ccc(C2CC(=O)Nc3c2cnn3-c2cc(C)ccc2C)c(OC)c1. The van der Waals surface area contributed by atoms with Crippen molar-refractivity contribution in [2.75, 3.05) is 19.5 Å². The summed E-state index contributed by atoms with van der Waals surface area (Å²) < 4.78 is 12.7. The van der Waals surface area contributed by atoms with E-state index in [2.05, 4.69) is 28.6 Å². The Kier molecular flexibility index (Phi) is 4.55. The second kappa shape index (κ2) is 7.03. The number of benzene rings is 2. The molecule has 144 valence electrons. The molecule has 0 saturated heterocycles. The third kappa shape index (κ3) is 3.01. The Morgan fingerprint density at radius 3 is 2.64 bits per heavy atom. The van der Waals surface area contributed by atoms with Gasteiger partial charge in [-0.05, 0) is 37.1 Å². The maximum absolute atomic E-state index is 12.5. The van der Waals surface area contributed by atoms with Crippen LogP contribution >= 0.6 is 0 Å². The van der Waals surface area contributed by atoms with Crippen LogP contribution in [0.3, 0.4) is 0 Å². The highest BCUT2D eigenvalue weighted by Gasteiger charge is 2.32. The molecule has 0 saturated carbocycles. The molecule has 4 rings (SSSR count). The van der Waals surface area contributed by atoms with Gasteiger partial charge in [-0.15, -0.1) is 0 Å². The number of fused-ring (bicyclic) bond motifs is 1. The fourth-order valence-corrected chi connectivity index (χ4v) is 3.73. The van der Waals surface area contributed by atoms with E-state index in [0.29, 0.717) is 23.7 Å². The molecule has 1 unspecified atom stereocenters. The van der Waals surface area contributed by atoms with E-state index in [4.69, 9.17) is 9.47 Å². The summed E-state index contributed by atoms with van der Waals surface area (Å²) in [5.74, 6) is 1.95. The molecule has 6 heteroatoms. The van der Waals surface area contributed by atoms with E-state index in [0.717, 1.165) is 27.9 Å². The first-order valence-electron chi connectivity index (χ1n) is 9.19. The summed E-state index contributed by atoms with van der Waals surface area (Å²) >= 11 is 0. The summed E-state index contributed by atoms with van der Waals surface area (Å²) in [6.45, 7) is 4.08. The number of ether oxygens (including phenoxy) is 2. The summed E-state index contributed by atoms with van der Waals surface area (Å²) in [4.78, 5) is 12.5. The Labute approximate surface area is 164 Å². The minimum Gasteiger partial charge on any atom is -0.497 e. The van der Waals surface area contributed by atoms with E-state index >= 15 is 0 Å². The van der Waals surface area contributed by atoms with Gasteiger partial charge >= 0.3 is 0 Å². The topological polar surface area (TPSA) is 65.4 Å². The number of aromatic nitrogens is 2. The third-order valence-corrected chi connectivity index (χ3v) is 5.23. The second-order valence-corrected chi connectivity index (χ2v) is 7.06. The molecule has 0 fully saturated rings. The molecule has 6 nitrogen and oxygen atoms in total. The van der Waals surface area contributed by atoms with E-state index in [-0.39, 0.29) is 11.8 Å². The Morgan fingerprint density at radius 2 is 1.89 bits per heavy atom. The Balaban J connectivity index is 1.85.